The van der Waals surface area contributed by atoms with Gasteiger partial charge in [-0.3, -0.25) is 0 Å². The van der Waals surface area contributed by atoms with E-state index in [1.165, 1.54) is 22.4 Å². The first-order chi connectivity index (χ1) is 10.0. The molecule has 2 unspecified atom stereocenters. The lowest BCUT2D eigenvalue weighted by Gasteiger charge is -2.46. The third kappa shape index (κ3) is 2.34. The maximum absolute atomic E-state index is 5.88. The van der Waals surface area contributed by atoms with Crippen molar-refractivity contribution < 1.29 is 4.74 Å². The van der Waals surface area contributed by atoms with Crippen molar-refractivity contribution in [3.05, 3.63) is 65.2 Å². The molecule has 2 aromatic carbocycles. The fraction of sp³-hybridized carbons (Fsp3) is 0.368. The molecule has 21 heavy (non-hydrogen) atoms. The number of anilines is 1. The van der Waals surface area contributed by atoms with Crippen molar-refractivity contribution in [2.24, 2.45) is 5.41 Å². The minimum absolute atomic E-state index is 0.0294. The van der Waals surface area contributed by atoms with E-state index in [4.69, 9.17) is 4.74 Å². The molecular formula is C19H23NO. The van der Waals surface area contributed by atoms with Gasteiger partial charge in [-0.25, -0.2) is 0 Å². The Morgan fingerprint density at radius 1 is 1.05 bits per heavy atom. The average Bonchev–Trinajstić information content (AvgIpc) is 2.47. The molecule has 1 heterocycles. The summed E-state index contributed by atoms with van der Waals surface area (Å²) in [6.45, 7) is 6.67. The van der Waals surface area contributed by atoms with Gasteiger partial charge in [0.05, 0.1) is 12.1 Å². The lowest BCUT2D eigenvalue weighted by molar-refractivity contribution is -0.0107. The minimum Gasteiger partial charge on any atom is -0.377 e. The van der Waals surface area contributed by atoms with E-state index < -0.39 is 0 Å². The molecular weight excluding hydrogens is 258 g/mol. The molecule has 0 saturated carbocycles. The number of aryl methyl sites for hydroxylation is 1. The van der Waals surface area contributed by atoms with Crippen molar-refractivity contribution in [1.29, 1.82) is 0 Å². The zero-order valence-electron chi connectivity index (χ0n) is 13.2. The monoisotopic (exact) mass is 281 g/mol. The molecule has 2 nitrogen and oxygen atoms in total. The molecule has 0 saturated heterocycles. The number of methoxy groups -OCH3 is 1. The third-order valence-corrected chi connectivity index (χ3v) is 4.58. The number of ether oxygens (including phenoxy) is 1. The predicted octanol–water partition coefficient (Wildman–Crippen LogP) is 4.88. The van der Waals surface area contributed by atoms with Crippen molar-refractivity contribution in [2.75, 3.05) is 12.4 Å². The van der Waals surface area contributed by atoms with Gasteiger partial charge < -0.3 is 10.1 Å². The molecule has 0 spiro atoms. The number of fused-ring (bicyclic) bond motifs is 1. The van der Waals surface area contributed by atoms with E-state index in [9.17, 15) is 0 Å². The predicted molar refractivity (Wildman–Crippen MR) is 87.5 cm³/mol. The second-order valence-electron chi connectivity index (χ2n) is 6.52. The highest BCUT2D eigenvalue weighted by atomic mass is 16.5. The molecule has 0 aromatic heterocycles. The average molecular weight is 281 g/mol. The highest BCUT2D eigenvalue weighted by molar-refractivity contribution is 5.59. The quantitative estimate of drug-likeness (QED) is 0.847. The topological polar surface area (TPSA) is 21.3 Å². The summed E-state index contributed by atoms with van der Waals surface area (Å²) in [6.07, 6.45) is 0.0829. The molecule has 0 aliphatic carbocycles. The van der Waals surface area contributed by atoms with Crippen molar-refractivity contribution in [1.82, 2.24) is 0 Å². The van der Waals surface area contributed by atoms with Crippen LogP contribution < -0.4 is 5.32 Å². The molecule has 0 bridgehead atoms. The van der Waals surface area contributed by atoms with E-state index >= 15 is 0 Å². The van der Waals surface area contributed by atoms with Crippen molar-refractivity contribution in [3.8, 4) is 0 Å². The van der Waals surface area contributed by atoms with Crippen LogP contribution in [0.25, 0.3) is 0 Å². The lowest BCUT2D eigenvalue weighted by atomic mass is 9.70. The van der Waals surface area contributed by atoms with E-state index in [2.05, 4.69) is 74.6 Å². The van der Waals surface area contributed by atoms with Gasteiger partial charge in [-0.1, -0.05) is 56.3 Å². The number of benzene rings is 2. The molecule has 110 valence electrons. The molecule has 3 rings (SSSR count). The summed E-state index contributed by atoms with van der Waals surface area (Å²) in [5, 5.41) is 3.73. The number of hydrogen-bond acceptors (Lipinski definition) is 2. The molecule has 0 amide bonds. The standard InChI is InChI=1S/C19H23NO/c1-13-10-11-15-16(12-13)20-17(14-8-6-5-7-9-14)19(2,3)18(15)21-4/h5-12,17-18,20H,1-4H3. The fourth-order valence-electron chi connectivity index (χ4n) is 3.51. The first kappa shape index (κ1) is 14.2. The van der Waals surface area contributed by atoms with E-state index in [0.29, 0.717) is 0 Å². The van der Waals surface area contributed by atoms with Crippen LogP contribution in [0.3, 0.4) is 0 Å². The van der Waals surface area contributed by atoms with Crippen LogP contribution in [0.2, 0.25) is 0 Å². The first-order valence-corrected chi connectivity index (χ1v) is 7.49. The highest BCUT2D eigenvalue weighted by Crippen LogP contribution is 2.52. The Hall–Kier alpha value is -1.80. The van der Waals surface area contributed by atoms with Crippen LogP contribution in [0.1, 0.15) is 42.7 Å². The molecule has 0 radical (unpaired) electrons. The van der Waals surface area contributed by atoms with Crippen LogP contribution in [-0.4, -0.2) is 7.11 Å². The Balaban J connectivity index is 2.12. The van der Waals surface area contributed by atoms with E-state index in [0.717, 1.165) is 0 Å². The van der Waals surface area contributed by atoms with Gasteiger partial charge in [-0.2, -0.15) is 0 Å². The van der Waals surface area contributed by atoms with E-state index in [-0.39, 0.29) is 17.6 Å². The number of rotatable bonds is 2. The maximum atomic E-state index is 5.88. The Morgan fingerprint density at radius 3 is 2.43 bits per heavy atom. The number of hydrogen-bond donors (Lipinski definition) is 1. The van der Waals surface area contributed by atoms with Crippen molar-refractivity contribution in [2.45, 2.75) is 32.9 Å². The maximum Gasteiger partial charge on any atom is 0.0914 e. The van der Waals surface area contributed by atoms with Crippen LogP contribution in [-0.2, 0) is 4.74 Å². The normalized spacial score (nSPS) is 23.2. The number of nitrogens with one attached hydrogen (secondary N) is 1. The second-order valence-corrected chi connectivity index (χ2v) is 6.52. The molecule has 2 heteroatoms. The van der Waals surface area contributed by atoms with Crippen molar-refractivity contribution in [3.63, 3.8) is 0 Å². The molecule has 1 aliphatic heterocycles. The van der Waals surface area contributed by atoms with Gasteiger partial charge in [0.15, 0.2) is 0 Å². The molecule has 2 atom stereocenters. The van der Waals surface area contributed by atoms with Crippen LogP contribution in [0.4, 0.5) is 5.69 Å². The Labute approximate surface area is 127 Å². The summed E-state index contributed by atoms with van der Waals surface area (Å²) < 4.78 is 5.88. The Morgan fingerprint density at radius 2 is 1.76 bits per heavy atom. The SMILES string of the molecule is COC1c2ccc(C)cc2NC(c2ccccc2)C1(C)C. The van der Waals surface area contributed by atoms with Crippen LogP contribution in [0, 0.1) is 12.3 Å². The van der Waals surface area contributed by atoms with Gasteiger partial charge in [0, 0.05) is 23.8 Å². The van der Waals surface area contributed by atoms with E-state index in [1.54, 1.807) is 0 Å². The van der Waals surface area contributed by atoms with Crippen LogP contribution >= 0.6 is 0 Å². The van der Waals surface area contributed by atoms with Gasteiger partial charge in [0.2, 0.25) is 0 Å². The summed E-state index contributed by atoms with van der Waals surface area (Å²) in [6, 6.07) is 17.4. The third-order valence-electron chi connectivity index (χ3n) is 4.58. The highest BCUT2D eigenvalue weighted by Gasteiger charge is 2.44. The Bertz CT molecular complexity index is 633. The van der Waals surface area contributed by atoms with Gasteiger partial charge >= 0.3 is 0 Å². The molecule has 0 fully saturated rings. The molecule has 1 aliphatic rings. The summed E-state index contributed by atoms with van der Waals surface area (Å²) in [5.41, 5.74) is 4.98. The first-order valence-electron chi connectivity index (χ1n) is 7.49. The smallest absolute Gasteiger partial charge is 0.0914 e. The van der Waals surface area contributed by atoms with Gasteiger partial charge in [0.1, 0.15) is 0 Å². The fourth-order valence-corrected chi connectivity index (χ4v) is 3.51. The summed E-state index contributed by atoms with van der Waals surface area (Å²) in [4.78, 5) is 0. The van der Waals surface area contributed by atoms with Gasteiger partial charge in [0.25, 0.3) is 0 Å². The second kappa shape index (κ2) is 5.19. The van der Waals surface area contributed by atoms with E-state index in [1.807, 2.05) is 7.11 Å². The lowest BCUT2D eigenvalue weighted by Crippen LogP contribution is -2.39. The summed E-state index contributed by atoms with van der Waals surface area (Å²) in [5.74, 6) is 0. The van der Waals surface area contributed by atoms with Crippen LogP contribution in [0.5, 0.6) is 0 Å². The molecule has 2 aromatic rings. The zero-order valence-corrected chi connectivity index (χ0v) is 13.2. The van der Waals surface area contributed by atoms with Crippen LogP contribution in [0.15, 0.2) is 48.5 Å². The summed E-state index contributed by atoms with van der Waals surface area (Å²) in [7, 11) is 1.81. The van der Waals surface area contributed by atoms with Crippen molar-refractivity contribution >= 4 is 5.69 Å². The largest absolute Gasteiger partial charge is 0.377 e. The molecule has 1 N–H and O–H groups in total. The summed E-state index contributed by atoms with van der Waals surface area (Å²) >= 11 is 0. The van der Waals surface area contributed by atoms with Gasteiger partial charge in [-0.05, 0) is 24.1 Å². The zero-order chi connectivity index (χ0) is 15.0. The minimum atomic E-state index is -0.0294. The Kier molecular flexibility index (Phi) is 3.50. The van der Waals surface area contributed by atoms with Gasteiger partial charge in [-0.15, -0.1) is 0 Å².